The number of nitrogens with one attached hydrogen (secondary N) is 1. The van der Waals surface area contributed by atoms with E-state index in [0.717, 1.165) is 19.3 Å². The van der Waals surface area contributed by atoms with Gasteiger partial charge < -0.3 is 15.5 Å². The van der Waals surface area contributed by atoms with Crippen LogP contribution in [0.15, 0.2) is 30.5 Å². The van der Waals surface area contributed by atoms with Crippen molar-refractivity contribution in [2.24, 2.45) is 5.73 Å². The molecule has 21 heavy (non-hydrogen) atoms. The second kappa shape index (κ2) is 7.17. The number of benzene rings is 1. The summed E-state index contributed by atoms with van der Waals surface area (Å²) in [6.45, 7) is -0.765. The van der Waals surface area contributed by atoms with Crippen LogP contribution in [0.3, 0.4) is 0 Å². The standard InChI is InChI=1S/C15H19F2N3O/c1-2-3-7-11(18)14-19-9-12(20-14)10-6-4-5-8-13(10)21-15(16)17/h4-6,8-9,11,15H,2-3,7,18H2,1H3,(H,19,20). The maximum Gasteiger partial charge on any atom is 0.387 e. The van der Waals surface area contributed by atoms with Crippen molar-refractivity contribution in [2.75, 3.05) is 0 Å². The van der Waals surface area contributed by atoms with E-state index in [1.807, 2.05) is 0 Å². The van der Waals surface area contributed by atoms with Crippen LogP contribution < -0.4 is 10.5 Å². The molecule has 0 radical (unpaired) electrons. The molecule has 3 N–H and O–H groups in total. The number of rotatable bonds is 7. The van der Waals surface area contributed by atoms with Gasteiger partial charge in [-0.15, -0.1) is 0 Å². The van der Waals surface area contributed by atoms with Crippen LogP contribution in [-0.4, -0.2) is 16.6 Å². The highest BCUT2D eigenvalue weighted by atomic mass is 19.3. The molecule has 0 bridgehead atoms. The van der Waals surface area contributed by atoms with E-state index in [-0.39, 0.29) is 11.8 Å². The quantitative estimate of drug-likeness (QED) is 0.815. The summed E-state index contributed by atoms with van der Waals surface area (Å²) >= 11 is 0. The Kier molecular flexibility index (Phi) is 5.27. The predicted molar refractivity (Wildman–Crippen MR) is 77.1 cm³/mol. The van der Waals surface area contributed by atoms with Crippen LogP contribution in [0.2, 0.25) is 0 Å². The average Bonchev–Trinajstić information content (AvgIpc) is 2.94. The highest BCUT2D eigenvalue weighted by molar-refractivity contribution is 5.66. The zero-order valence-corrected chi connectivity index (χ0v) is 11.9. The molecule has 2 rings (SSSR count). The second-order valence-electron chi connectivity index (χ2n) is 4.81. The first-order valence-corrected chi connectivity index (χ1v) is 6.96. The van der Waals surface area contributed by atoms with Gasteiger partial charge in [-0.3, -0.25) is 0 Å². The van der Waals surface area contributed by atoms with E-state index in [2.05, 4.69) is 21.6 Å². The Hall–Kier alpha value is -1.95. The number of hydrogen-bond acceptors (Lipinski definition) is 3. The Morgan fingerprint density at radius 1 is 1.33 bits per heavy atom. The summed E-state index contributed by atoms with van der Waals surface area (Å²) < 4.78 is 29.4. The van der Waals surface area contributed by atoms with Crippen molar-refractivity contribution in [2.45, 2.75) is 38.8 Å². The van der Waals surface area contributed by atoms with Gasteiger partial charge in [-0.25, -0.2) is 4.98 Å². The van der Waals surface area contributed by atoms with E-state index in [0.29, 0.717) is 17.1 Å². The van der Waals surface area contributed by atoms with E-state index in [4.69, 9.17) is 5.73 Å². The van der Waals surface area contributed by atoms with Crippen LogP contribution in [0.1, 0.15) is 38.1 Å². The van der Waals surface area contributed by atoms with Gasteiger partial charge in [0.1, 0.15) is 11.6 Å². The third-order valence-electron chi connectivity index (χ3n) is 3.21. The number of unbranched alkanes of at least 4 members (excludes halogenated alkanes) is 1. The number of hydrogen-bond donors (Lipinski definition) is 2. The van der Waals surface area contributed by atoms with E-state index in [9.17, 15) is 8.78 Å². The number of halogens is 2. The molecule has 2 aromatic rings. The molecule has 1 unspecified atom stereocenters. The molecule has 114 valence electrons. The maximum absolute atomic E-state index is 12.4. The van der Waals surface area contributed by atoms with Gasteiger partial charge in [-0.2, -0.15) is 8.78 Å². The van der Waals surface area contributed by atoms with Gasteiger partial charge in [-0.05, 0) is 18.6 Å². The van der Waals surface area contributed by atoms with Gasteiger partial charge in [0.25, 0.3) is 0 Å². The number of nitrogens with zero attached hydrogens (tertiary/aromatic N) is 1. The number of H-pyrrole nitrogens is 1. The van der Waals surface area contributed by atoms with Gasteiger partial charge >= 0.3 is 6.61 Å². The lowest BCUT2D eigenvalue weighted by Gasteiger charge is -2.09. The van der Waals surface area contributed by atoms with Gasteiger partial charge in [0.2, 0.25) is 0 Å². The number of para-hydroxylation sites is 1. The fourth-order valence-electron chi connectivity index (χ4n) is 2.11. The summed E-state index contributed by atoms with van der Waals surface area (Å²) in [7, 11) is 0. The smallest absolute Gasteiger partial charge is 0.387 e. The minimum atomic E-state index is -2.86. The van der Waals surface area contributed by atoms with Crippen molar-refractivity contribution in [3.63, 3.8) is 0 Å². The molecule has 6 heteroatoms. The van der Waals surface area contributed by atoms with Crippen LogP contribution in [0, 0.1) is 0 Å². The Bertz CT molecular complexity index is 572. The monoisotopic (exact) mass is 295 g/mol. The van der Waals surface area contributed by atoms with Gasteiger partial charge in [0, 0.05) is 5.56 Å². The minimum absolute atomic E-state index is 0.116. The molecule has 1 aromatic heterocycles. The Morgan fingerprint density at radius 3 is 2.81 bits per heavy atom. The lowest BCUT2D eigenvalue weighted by atomic mass is 10.1. The van der Waals surface area contributed by atoms with Crippen molar-refractivity contribution in [1.29, 1.82) is 0 Å². The molecule has 4 nitrogen and oxygen atoms in total. The topological polar surface area (TPSA) is 63.9 Å². The van der Waals surface area contributed by atoms with Gasteiger partial charge in [0.05, 0.1) is 17.9 Å². The molecule has 0 spiro atoms. The third kappa shape index (κ3) is 4.01. The van der Waals surface area contributed by atoms with Crippen molar-refractivity contribution in [3.05, 3.63) is 36.3 Å². The maximum atomic E-state index is 12.4. The Morgan fingerprint density at radius 2 is 2.10 bits per heavy atom. The van der Waals surface area contributed by atoms with Gasteiger partial charge in [-0.1, -0.05) is 31.9 Å². The lowest BCUT2D eigenvalue weighted by Crippen LogP contribution is -2.11. The molecule has 0 aliphatic rings. The third-order valence-corrected chi connectivity index (χ3v) is 3.21. The highest BCUT2D eigenvalue weighted by Crippen LogP contribution is 2.30. The summed E-state index contributed by atoms with van der Waals surface area (Å²) in [5.41, 5.74) is 7.21. The Balaban J connectivity index is 2.21. The van der Waals surface area contributed by atoms with Crippen LogP contribution in [0.25, 0.3) is 11.3 Å². The van der Waals surface area contributed by atoms with Crippen molar-refractivity contribution < 1.29 is 13.5 Å². The van der Waals surface area contributed by atoms with E-state index in [1.165, 1.54) is 6.07 Å². The molecule has 0 saturated heterocycles. The molecule has 0 amide bonds. The number of aromatic nitrogens is 2. The second-order valence-corrected chi connectivity index (χ2v) is 4.81. The molecule has 1 atom stereocenters. The Labute approximate surface area is 122 Å². The summed E-state index contributed by atoms with van der Waals surface area (Å²) in [5, 5.41) is 0. The van der Waals surface area contributed by atoms with Crippen LogP contribution >= 0.6 is 0 Å². The number of imidazole rings is 1. The zero-order chi connectivity index (χ0) is 15.2. The zero-order valence-electron chi connectivity index (χ0n) is 11.9. The van der Waals surface area contributed by atoms with Crippen LogP contribution in [0.4, 0.5) is 8.78 Å². The fourth-order valence-corrected chi connectivity index (χ4v) is 2.11. The molecule has 0 saturated carbocycles. The molecular formula is C15H19F2N3O. The average molecular weight is 295 g/mol. The first kappa shape index (κ1) is 15.4. The number of aromatic amines is 1. The molecule has 0 aliphatic carbocycles. The number of ether oxygens (including phenoxy) is 1. The fraction of sp³-hybridized carbons (Fsp3) is 0.400. The van der Waals surface area contributed by atoms with E-state index >= 15 is 0 Å². The van der Waals surface area contributed by atoms with Crippen molar-refractivity contribution in [3.8, 4) is 17.0 Å². The molecule has 0 fully saturated rings. The molecule has 0 aliphatic heterocycles. The first-order chi connectivity index (χ1) is 10.1. The summed E-state index contributed by atoms with van der Waals surface area (Å²) in [6, 6.07) is 6.42. The number of nitrogens with two attached hydrogens (primary N) is 1. The molecule has 1 aromatic carbocycles. The summed E-state index contributed by atoms with van der Waals surface area (Å²) in [4.78, 5) is 7.33. The first-order valence-electron chi connectivity index (χ1n) is 6.96. The van der Waals surface area contributed by atoms with Crippen molar-refractivity contribution >= 4 is 0 Å². The normalized spacial score (nSPS) is 12.6. The minimum Gasteiger partial charge on any atom is -0.434 e. The van der Waals surface area contributed by atoms with E-state index in [1.54, 1.807) is 24.4 Å². The molecular weight excluding hydrogens is 276 g/mol. The van der Waals surface area contributed by atoms with Crippen molar-refractivity contribution in [1.82, 2.24) is 9.97 Å². The summed E-state index contributed by atoms with van der Waals surface area (Å²) in [5.74, 6) is 0.773. The van der Waals surface area contributed by atoms with Crippen LogP contribution in [-0.2, 0) is 0 Å². The predicted octanol–water partition coefficient (Wildman–Crippen LogP) is 3.87. The number of alkyl halides is 2. The highest BCUT2D eigenvalue weighted by Gasteiger charge is 2.15. The largest absolute Gasteiger partial charge is 0.434 e. The van der Waals surface area contributed by atoms with E-state index < -0.39 is 6.61 Å². The van der Waals surface area contributed by atoms with Crippen LogP contribution in [0.5, 0.6) is 5.75 Å². The molecule has 1 heterocycles. The summed E-state index contributed by atoms with van der Waals surface area (Å²) in [6.07, 6.45) is 4.50. The SMILES string of the molecule is CCCCC(N)c1ncc(-c2ccccc2OC(F)F)[nH]1. The van der Waals surface area contributed by atoms with Gasteiger partial charge in [0.15, 0.2) is 0 Å². The lowest BCUT2D eigenvalue weighted by molar-refractivity contribution is -0.0494.